The summed E-state index contributed by atoms with van der Waals surface area (Å²) in [6.07, 6.45) is 11.5. The molecule has 0 atom stereocenters. The Morgan fingerprint density at radius 3 is 2.72 bits per heavy atom. The van der Waals surface area contributed by atoms with Gasteiger partial charge in [0.05, 0.1) is 6.33 Å². The molecule has 1 aliphatic heterocycles. The Kier molecular flexibility index (Phi) is 7.96. The molecule has 0 aromatic carbocycles. The van der Waals surface area contributed by atoms with Crippen molar-refractivity contribution in [2.45, 2.75) is 57.6 Å². The molecule has 1 aromatic rings. The van der Waals surface area contributed by atoms with Crippen molar-refractivity contribution in [3.05, 3.63) is 29.9 Å². The highest BCUT2D eigenvalue weighted by Gasteiger charge is 2.46. The Labute approximate surface area is 160 Å². The molecule has 1 aromatic heterocycles. The molecule has 1 spiro atoms. The maximum absolute atomic E-state index is 12.4. The van der Waals surface area contributed by atoms with Crippen LogP contribution in [-0.4, -0.2) is 33.5 Å². The van der Waals surface area contributed by atoms with Crippen molar-refractivity contribution in [1.29, 1.82) is 5.41 Å². The summed E-state index contributed by atoms with van der Waals surface area (Å²) in [4.78, 5) is 16.4. The average molecular weight is 389 g/mol. The van der Waals surface area contributed by atoms with Gasteiger partial charge in [-0.2, -0.15) is 0 Å². The third kappa shape index (κ3) is 4.55. The highest BCUT2D eigenvalue weighted by atomic mass is 35.5. The number of carbonyl (C=O) groups excluding carboxylic acids is 1. The minimum Gasteiger partial charge on any atom is -0.466 e. The Hall–Kier alpha value is -1.53. The normalized spacial score (nSPS) is 18.4. The van der Waals surface area contributed by atoms with Gasteiger partial charge in [0.25, 0.3) is 5.91 Å². The summed E-state index contributed by atoms with van der Waals surface area (Å²) in [6.45, 7) is 3.34. The molecular formula is C17H26Cl2N4O2. The number of halogens is 2. The Bertz CT molecular complexity index is 623. The van der Waals surface area contributed by atoms with Crippen molar-refractivity contribution in [2.75, 3.05) is 6.54 Å². The van der Waals surface area contributed by atoms with Crippen LogP contribution in [0.1, 0.15) is 45.4 Å². The lowest BCUT2D eigenvalue weighted by molar-refractivity contribution is -0.117. The first-order chi connectivity index (χ1) is 11.1. The number of amides is 1. The molecule has 0 bridgehead atoms. The molecule has 3 rings (SSSR count). The number of nitrogens with zero attached hydrogens (tertiary/aromatic N) is 2. The third-order valence-electron chi connectivity index (χ3n) is 4.91. The molecule has 0 unspecified atom stereocenters. The van der Waals surface area contributed by atoms with E-state index in [1.807, 2.05) is 17.7 Å². The van der Waals surface area contributed by atoms with Gasteiger partial charge in [-0.1, -0.05) is 6.42 Å². The van der Waals surface area contributed by atoms with Crippen LogP contribution in [0.2, 0.25) is 0 Å². The van der Waals surface area contributed by atoms with Crippen LogP contribution in [0.25, 0.3) is 0 Å². The third-order valence-corrected chi connectivity index (χ3v) is 4.91. The molecule has 2 aliphatic rings. The summed E-state index contributed by atoms with van der Waals surface area (Å²) in [7, 11) is 0. The van der Waals surface area contributed by atoms with E-state index < -0.39 is 5.60 Å². The van der Waals surface area contributed by atoms with E-state index in [4.69, 9.17) is 10.1 Å². The van der Waals surface area contributed by atoms with Gasteiger partial charge in [-0.25, -0.2) is 4.98 Å². The monoisotopic (exact) mass is 388 g/mol. The van der Waals surface area contributed by atoms with E-state index in [0.717, 1.165) is 44.2 Å². The fourth-order valence-corrected chi connectivity index (χ4v) is 3.57. The molecule has 2 N–H and O–H groups in total. The van der Waals surface area contributed by atoms with Crippen LogP contribution < -0.4 is 5.32 Å². The van der Waals surface area contributed by atoms with Crippen molar-refractivity contribution < 1.29 is 9.53 Å². The largest absolute Gasteiger partial charge is 0.466 e. The van der Waals surface area contributed by atoms with Crippen LogP contribution in [0.4, 0.5) is 0 Å². The first-order valence-electron chi connectivity index (χ1n) is 8.36. The molecule has 6 nitrogen and oxygen atoms in total. The topological polar surface area (TPSA) is 80.0 Å². The van der Waals surface area contributed by atoms with Crippen LogP contribution in [-0.2, 0) is 16.1 Å². The van der Waals surface area contributed by atoms with Crippen molar-refractivity contribution in [3.8, 4) is 0 Å². The van der Waals surface area contributed by atoms with Gasteiger partial charge in [0, 0.05) is 25.5 Å². The summed E-state index contributed by atoms with van der Waals surface area (Å²) >= 11 is 0. The molecule has 8 heteroatoms. The molecule has 1 saturated carbocycles. The molecule has 25 heavy (non-hydrogen) atoms. The first-order valence-corrected chi connectivity index (χ1v) is 8.36. The van der Waals surface area contributed by atoms with Crippen molar-refractivity contribution in [1.82, 2.24) is 14.9 Å². The van der Waals surface area contributed by atoms with Gasteiger partial charge in [0.1, 0.15) is 11.2 Å². The van der Waals surface area contributed by atoms with E-state index in [2.05, 4.69) is 10.3 Å². The molecule has 140 valence electrons. The number of carbonyl (C=O) groups is 1. The van der Waals surface area contributed by atoms with E-state index in [1.54, 1.807) is 12.5 Å². The standard InChI is InChI=1S/C17H24N4O2.2ClH/c1-13-14(15(18)23-17(13)6-3-2-4-7-17)16(22)20-8-5-10-21-11-9-19-12-21;;/h9,11-12,18H,2-8,10H2,1H3,(H,20,22);2*1H. The number of rotatable bonds is 5. The maximum Gasteiger partial charge on any atom is 0.256 e. The summed E-state index contributed by atoms with van der Waals surface area (Å²) < 4.78 is 7.82. The number of aryl methyl sites for hydroxylation is 1. The molecule has 2 heterocycles. The van der Waals surface area contributed by atoms with Gasteiger partial charge < -0.3 is 14.6 Å². The molecule has 0 radical (unpaired) electrons. The second-order valence-electron chi connectivity index (χ2n) is 6.40. The van der Waals surface area contributed by atoms with E-state index in [1.165, 1.54) is 6.42 Å². The maximum atomic E-state index is 12.4. The van der Waals surface area contributed by atoms with Gasteiger partial charge in [0.2, 0.25) is 5.90 Å². The van der Waals surface area contributed by atoms with Crippen LogP contribution in [0.15, 0.2) is 29.9 Å². The Morgan fingerprint density at radius 1 is 1.36 bits per heavy atom. The smallest absolute Gasteiger partial charge is 0.256 e. The van der Waals surface area contributed by atoms with Crippen molar-refractivity contribution >= 4 is 36.6 Å². The highest BCUT2D eigenvalue weighted by Crippen LogP contribution is 2.43. The minimum absolute atomic E-state index is 0. The zero-order chi connectivity index (χ0) is 16.3. The molecular weight excluding hydrogens is 363 g/mol. The first kappa shape index (κ1) is 21.5. The zero-order valence-corrected chi connectivity index (χ0v) is 16.0. The van der Waals surface area contributed by atoms with Crippen molar-refractivity contribution in [2.24, 2.45) is 0 Å². The second-order valence-corrected chi connectivity index (χ2v) is 6.40. The Morgan fingerprint density at radius 2 is 2.08 bits per heavy atom. The number of ether oxygens (including phenoxy) is 1. The van der Waals surface area contributed by atoms with E-state index >= 15 is 0 Å². The highest BCUT2D eigenvalue weighted by molar-refractivity contribution is 6.19. The van der Waals surface area contributed by atoms with Crippen LogP contribution in [0.3, 0.4) is 0 Å². The summed E-state index contributed by atoms with van der Waals surface area (Å²) in [5, 5.41) is 11.0. The molecule has 1 aliphatic carbocycles. The molecule has 0 saturated heterocycles. The predicted molar refractivity (Wildman–Crippen MR) is 102 cm³/mol. The van der Waals surface area contributed by atoms with Gasteiger partial charge in [-0.05, 0) is 44.6 Å². The fraction of sp³-hybridized carbons (Fsp3) is 0.588. The van der Waals surface area contributed by atoms with Gasteiger partial charge in [-0.15, -0.1) is 24.8 Å². The van der Waals surface area contributed by atoms with Crippen LogP contribution in [0, 0.1) is 5.41 Å². The number of imidazole rings is 1. The predicted octanol–water partition coefficient (Wildman–Crippen LogP) is 3.26. The molecule has 1 amide bonds. The quantitative estimate of drug-likeness (QED) is 0.759. The van der Waals surface area contributed by atoms with E-state index in [-0.39, 0.29) is 36.6 Å². The van der Waals surface area contributed by atoms with Crippen LogP contribution in [0.5, 0.6) is 0 Å². The summed E-state index contributed by atoms with van der Waals surface area (Å²) in [5.41, 5.74) is 0.988. The second kappa shape index (κ2) is 9.25. The van der Waals surface area contributed by atoms with Gasteiger partial charge in [-0.3, -0.25) is 10.2 Å². The lowest BCUT2D eigenvalue weighted by Gasteiger charge is -2.33. The number of nitrogens with one attached hydrogen (secondary N) is 2. The number of hydrogen-bond donors (Lipinski definition) is 2. The minimum atomic E-state index is -0.390. The molecule has 1 fully saturated rings. The van der Waals surface area contributed by atoms with Crippen LogP contribution >= 0.6 is 24.8 Å². The Balaban J connectivity index is 0.00000156. The number of hydrogen-bond acceptors (Lipinski definition) is 4. The van der Waals surface area contributed by atoms with Crippen molar-refractivity contribution in [3.63, 3.8) is 0 Å². The lowest BCUT2D eigenvalue weighted by atomic mass is 9.79. The van der Waals surface area contributed by atoms with Gasteiger partial charge >= 0.3 is 0 Å². The van der Waals surface area contributed by atoms with Gasteiger partial charge in [0.15, 0.2) is 0 Å². The van der Waals surface area contributed by atoms with E-state index in [0.29, 0.717) is 12.1 Å². The average Bonchev–Trinajstić information content (AvgIpc) is 3.13. The van der Waals surface area contributed by atoms with E-state index in [9.17, 15) is 4.79 Å². The number of aromatic nitrogens is 2. The SMILES string of the molecule is CC1=C(C(=O)NCCCn2ccnc2)C(=N)OC12CCCCC2.Cl.Cl. The fourth-order valence-electron chi connectivity index (χ4n) is 3.57. The lowest BCUT2D eigenvalue weighted by Crippen LogP contribution is -2.33. The zero-order valence-electron chi connectivity index (χ0n) is 14.4. The summed E-state index contributed by atoms with van der Waals surface area (Å²) in [5.74, 6) is -0.142. The summed E-state index contributed by atoms with van der Waals surface area (Å²) in [6, 6.07) is 0.